The number of nitrogens with one attached hydrogen (secondary N) is 2. The van der Waals surface area contributed by atoms with Gasteiger partial charge in [0.15, 0.2) is 0 Å². The number of rotatable bonds is 1. The number of hydrogen-bond donors (Lipinski definition) is 2. The fourth-order valence-electron chi connectivity index (χ4n) is 1.55. The predicted molar refractivity (Wildman–Crippen MR) is 50.3 cm³/mol. The smallest absolute Gasteiger partial charge is 0.315 e. The normalized spacial score (nSPS) is 21.8. The zero-order chi connectivity index (χ0) is 9.10. The second kappa shape index (κ2) is 3.47. The van der Waals surface area contributed by atoms with Crippen molar-refractivity contribution in [3.05, 3.63) is 35.9 Å². The van der Waals surface area contributed by atoms with E-state index in [1.807, 2.05) is 30.3 Å². The van der Waals surface area contributed by atoms with Gasteiger partial charge in [-0.3, -0.25) is 0 Å². The summed E-state index contributed by atoms with van der Waals surface area (Å²) in [4.78, 5) is 11.0. The van der Waals surface area contributed by atoms with Crippen LogP contribution in [-0.4, -0.2) is 12.6 Å². The number of urea groups is 1. The van der Waals surface area contributed by atoms with Crippen molar-refractivity contribution in [1.29, 1.82) is 0 Å². The molecule has 1 aromatic carbocycles. The number of hydrogen-bond acceptors (Lipinski definition) is 1. The van der Waals surface area contributed by atoms with Gasteiger partial charge in [0.25, 0.3) is 0 Å². The molecule has 1 heterocycles. The van der Waals surface area contributed by atoms with E-state index in [0.29, 0.717) is 0 Å². The monoisotopic (exact) mass is 176 g/mol. The topological polar surface area (TPSA) is 41.1 Å². The minimum absolute atomic E-state index is 0.0693. The first kappa shape index (κ1) is 8.10. The van der Waals surface area contributed by atoms with E-state index >= 15 is 0 Å². The highest BCUT2D eigenvalue weighted by Crippen LogP contribution is 2.17. The van der Waals surface area contributed by atoms with Gasteiger partial charge in [0.05, 0.1) is 6.04 Å². The molecule has 1 atom stereocenters. The number of carbonyl (C=O) groups is 1. The second-order valence-electron chi connectivity index (χ2n) is 3.15. The van der Waals surface area contributed by atoms with Crippen LogP contribution in [0.15, 0.2) is 30.3 Å². The molecule has 68 valence electrons. The zero-order valence-electron chi connectivity index (χ0n) is 7.29. The molecule has 1 saturated heterocycles. The van der Waals surface area contributed by atoms with Crippen molar-refractivity contribution >= 4 is 6.03 Å². The third kappa shape index (κ3) is 1.80. The minimum Gasteiger partial charge on any atom is -0.338 e. The summed E-state index contributed by atoms with van der Waals surface area (Å²) >= 11 is 0. The van der Waals surface area contributed by atoms with Crippen LogP contribution in [0.4, 0.5) is 4.79 Å². The van der Waals surface area contributed by atoms with Crippen LogP contribution in [0.2, 0.25) is 0 Å². The van der Waals surface area contributed by atoms with Gasteiger partial charge in [0, 0.05) is 6.54 Å². The number of benzene rings is 1. The molecule has 0 aliphatic carbocycles. The quantitative estimate of drug-likeness (QED) is 0.667. The molecule has 3 nitrogen and oxygen atoms in total. The summed E-state index contributed by atoms with van der Waals surface area (Å²) in [6.07, 6.45) is 0.954. The van der Waals surface area contributed by atoms with Gasteiger partial charge in [0.2, 0.25) is 0 Å². The van der Waals surface area contributed by atoms with Crippen LogP contribution in [0.25, 0.3) is 0 Å². The Morgan fingerprint density at radius 2 is 2.00 bits per heavy atom. The van der Waals surface area contributed by atoms with Crippen LogP contribution in [0.1, 0.15) is 18.0 Å². The molecule has 0 aromatic heterocycles. The summed E-state index contributed by atoms with van der Waals surface area (Å²) in [6.45, 7) is 0.755. The third-order valence-corrected chi connectivity index (χ3v) is 2.23. The highest BCUT2D eigenvalue weighted by molar-refractivity contribution is 5.75. The molecule has 2 N–H and O–H groups in total. The van der Waals surface area contributed by atoms with Crippen molar-refractivity contribution in [3.63, 3.8) is 0 Å². The third-order valence-electron chi connectivity index (χ3n) is 2.23. The summed E-state index contributed by atoms with van der Waals surface area (Å²) in [5.74, 6) is 0. The summed E-state index contributed by atoms with van der Waals surface area (Å²) < 4.78 is 0. The SMILES string of the molecule is O=C1NCC[C@H](c2ccccc2)N1. The highest BCUT2D eigenvalue weighted by Gasteiger charge is 2.18. The van der Waals surface area contributed by atoms with Crippen molar-refractivity contribution in [3.8, 4) is 0 Å². The molecule has 0 unspecified atom stereocenters. The van der Waals surface area contributed by atoms with Crippen molar-refractivity contribution < 1.29 is 4.79 Å². The van der Waals surface area contributed by atoms with Crippen LogP contribution in [-0.2, 0) is 0 Å². The Hall–Kier alpha value is -1.51. The lowest BCUT2D eigenvalue weighted by Gasteiger charge is -2.24. The number of carbonyl (C=O) groups excluding carboxylic acids is 1. The van der Waals surface area contributed by atoms with Crippen LogP contribution >= 0.6 is 0 Å². The van der Waals surface area contributed by atoms with Gasteiger partial charge in [-0.25, -0.2) is 4.79 Å². The van der Waals surface area contributed by atoms with Crippen LogP contribution < -0.4 is 10.6 Å². The maximum atomic E-state index is 11.0. The molecule has 3 heteroatoms. The molecule has 2 amide bonds. The van der Waals surface area contributed by atoms with Crippen LogP contribution in [0.3, 0.4) is 0 Å². The molecule has 1 fully saturated rings. The Morgan fingerprint density at radius 1 is 1.23 bits per heavy atom. The maximum absolute atomic E-state index is 11.0. The molecule has 1 aromatic rings. The molecule has 0 radical (unpaired) electrons. The van der Waals surface area contributed by atoms with E-state index < -0.39 is 0 Å². The fourth-order valence-corrected chi connectivity index (χ4v) is 1.55. The molecule has 0 saturated carbocycles. The lowest BCUT2D eigenvalue weighted by molar-refractivity contribution is 0.229. The van der Waals surface area contributed by atoms with E-state index in [4.69, 9.17) is 0 Å². The van der Waals surface area contributed by atoms with Gasteiger partial charge in [0.1, 0.15) is 0 Å². The average molecular weight is 176 g/mol. The van der Waals surface area contributed by atoms with Crippen LogP contribution in [0.5, 0.6) is 0 Å². The van der Waals surface area contributed by atoms with Gasteiger partial charge in [-0.2, -0.15) is 0 Å². The van der Waals surface area contributed by atoms with Crippen molar-refractivity contribution in [2.24, 2.45) is 0 Å². The van der Waals surface area contributed by atoms with Crippen molar-refractivity contribution in [2.45, 2.75) is 12.5 Å². The molecule has 2 rings (SSSR count). The van der Waals surface area contributed by atoms with E-state index in [9.17, 15) is 4.79 Å². The first-order valence-electron chi connectivity index (χ1n) is 4.45. The Kier molecular flexibility index (Phi) is 2.17. The largest absolute Gasteiger partial charge is 0.338 e. The summed E-state index contributed by atoms with van der Waals surface area (Å²) in [5.41, 5.74) is 1.18. The lowest BCUT2D eigenvalue weighted by atomic mass is 10.0. The molecular weight excluding hydrogens is 164 g/mol. The standard InChI is InChI=1S/C10H12N2O/c13-10-11-7-6-9(12-10)8-4-2-1-3-5-8/h1-5,9H,6-7H2,(H2,11,12,13)/t9-/m1/s1. The fraction of sp³-hybridized carbons (Fsp3) is 0.300. The van der Waals surface area contributed by atoms with E-state index in [2.05, 4.69) is 10.6 Å². The average Bonchev–Trinajstić information content (AvgIpc) is 2.19. The summed E-state index contributed by atoms with van der Waals surface area (Å²) in [5, 5.41) is 5.61. The first-order valence-corrected chi connectivity index (χ1v) is 4.45. The maximum Gasteiger partial charge on any atom is 0.315 e. The molecule has 0 spiro atoms. The van der Waals surface area contributed by atoms with E-state index in [-0.39, 0.29) is 12.1 Å². The van der Waals surface area contributed by atoms with Gasteiger partial charge in [-0.1, -0.05) is 30.3 Å². The van der Waals surface area contributed by atoms with Gasteiger partial charge >= 0.3 is 6.03 Å². The summed E-state index contributed by atoms with van der Waals surface area (Å²) in [7, 11) is 0. The van der Waals surface area contributed by atoms with Crippen molar-refractivity contribution in [2.75, 3.05) is 6.54 Å². The highest BCUT2D eigenvalue weighted by atomic mass is 16.2. The Bertz CT molecular complexity index is 297. The van der Waals surface area contributed by atoms with E-state index in [1.54, 1.807) is 0 Å². The Morgan fingerprint density at radius 3 is 2.69 bits per heavy atom. The molecule has 1 aliphatic heterocycles. The molecule has 0 bridgehead atoms. The molecular formula is C10H12N2O. The molecule has 1 aliphatic rings. The molecule has 13 heavy (non-hydrogen) atoms. The first-order chi connectivity index (χ1) is 6.36. The zero-order valence-corrected chi connectivity index (χ0v) is 7.29. The summed E-state index contributed by atoms with van der Waals surface area (Å²) in [6, 6.07) is 10.1. The van der Waals surface area contributed by atoms with E-state index in [0.717, 1.165) is 13.0 Å². The predicted octanol–water partition coefficient (Wildman–Crippen LogP) is 1.43. The van der Waals surface area contributed by atoms with Crippen LogP contribution in [0, 0.1) is 0 Å². The van der Waals surface area contributed by atoms with E-state index in [1.165, 1.54) is 5.56 Å². The Labute approximate surface area is 77.1 Å². The lowest BCUT2D eigenvalue weighted by Crippen LogP contribution is -2.44. The van der Waals surface area contributed by atoms with Gasteiger partial charge < -0.3 is 10.6 Å². The number of amides is 2. The van der Waals surface area contributed by atoms with Gasteiger partial charge in [-0.05, 0) is 12.0 Å². The minimum atomic E-state index is -0.0693. The van der Waals surface area contributed by atoms with Gasteiger partial charge in [-0.15, -0.1) is 0 Å². The second-order valence-corrected chi connectivity index (χ2v) is 3.15. The Balaban J connectivity index is 2.13. The van der Waals surface area contributed by atoms with Crippen molar-refractivity contribution in [1.82, 2.24) is 10.6 Å².